The molecule has 0 aliphatic carbocycles. The summed E-state index contributed by atoms with van der Waals surface area (Å²) in [6.45, 7) is 1.45. The van der Waals surface area contributed by atoms with Gasteiger partial charge in [0, 0.05) is 17.1 Å². The number of hydrazine groups is 1. The van der Waals surface area contributed by atoms with Crippen LogP contribution in [0.25, 0.3) is 10.9 Å². The Labute approximate surface area is 176 Å². The number of aromatic nitrogens is 1. The molecule has 0 fully saturated rings. The first-order valence-electron chi connectivity index (χ1n) is 8.85. The number of hydrogen-bond acceptors (Lipinski definition) is 5. The van der Waals surface area contributed by atoms with Crippen LogP contribution >= 0.6 is 11.6 Å². The molecule has 0 saturated carbocycles. The van der Waals surface area contributed by atoms with Gasteiger partial charge >= 0.3 is 0 Å². The molecular weight excluding hydrogens is 406 g/mol. The second-order valence-corrected chi connectivity index (χ2v) is 6.89. The number of rotatable bonds is 4. The van der Waals surface area contributed by atoms with Crippen molar-refractivity contribution in [2.45, 2.75) is 19.1 Å². The van der Waals surface area contributed by atoms with Crippen molar-refractivity contribution < 1.29 is 14.7 Å². The van der Waals surface area contributed by atoms with Gasteiger partial charge in [-0.05, 0) is 49.4 Å². The number of nitrogens with zero attached hydrogens (tertiary/aromatic N) is 3. The first-order valence-corrected chi connectivity index (χ1v) is 9.22. The molecule has 9 heteroatoms. The van der Waals surface area contributed by atoms with Gasteiger partial charge in [0.2, 0.25) is 0 Å². The van der Waals surface area contributed by atoms with Gasteiger partial charge in [-0.2, -0.15) is 10.5 Å². The van der Waals surface area contributed by atoms with Gasteiger partial charge in [0.1, 0.15) is 12.1 Å². The topological polar surface area (TPSA) is 131 Å². The van der Waals surface area contributed by atoms with Crippen LogP contribution in [-0.4, -0.2) is 27.6 Å². The quantitative estimate of drug-likeness (QED) is 0.557. The van der Waals surface area contributed by atoms with E-state index in [1.54, 1.807) is 18.3 Å². The zero-order valence-electron chi connectivity index (χ0n) is 15.8. The minimum Gasteiger partial charge on any atom is -0.391 e. The number of benzene rings is 2. The molecule has 3 N–H and O–H groups in total. The molecule has 2 amide bonds. The number of halogens is 1. The number of amides is 2. The molecule has 0 aliphatic heterocycles. The van der Waals surface area contributed by atoms with E-state index in [4.69, 9.17) is 22.1 Å². The molecule has 1 heterocycles. The van der Waals surface area contributed by atoms with Gasteiger partial charge in [0.15, 0.2) is 0 Å². The largest absolute Gasteiger partial charge is 0.391 e. The SMILES string of the molecule is CC(O)C(C(=O)NNC(=O)c1ccc(C#N)cc1)n1ccc2c(Cl)c(C#N)ccc21. The summed E-state index contributed by atoms with van der Waals surface area (Å²) in [5.41, 5.74) is 6.12. The van der Waals surface area contributed by atoms with Gasteiger partial charge < -0.3 is 9.67 Å². The molecular formula is C21H16ClN5O3. The molecule has 0 spiro atoms. The highest BCUT2D eigenvalue weighted by atomic mass is 35.5. The number of aliphatic hydroxyl groups is 1. The predicted octanol–water partition coefficient (Wildman–Crippen LogP) is 2.42. The molecule has 1 aromatic heterocycles. The number of fused-ring (bicyclic) bond motifs is 1. The van der Waals surface area contributed by atoms with Crippen molar-refractivity contribution in [2.24, 2.45) is 0 Å². The maximum Gasteiger partial charge on any atom is 0.269 e. The average molecular weight is 422 g/mol. The van der Waals surface area contributed by atoms with Crippen molar-refractivity contribution in [3.05, 3.63) is 70.4 Å². The first kappa shape index (κ1) is 20.9. The van der Waals surface area contributed by atoms with E-state index < -0.39 is 24.0 Å². The monoisotopic (exact) mass is 421 g/mol. The molecule has 8 nitrogen and oxygen atoms in total. The third-order valence-corrected chi connectivity index (χ3v) is 4.97. The Bertz CT molecular complexity index is 1200. The highest BCUT2D eigenvalue weighted by molar-refractivity contribution is 6.36. The van der Waals surface area contributed by atoms with Crippen LogP contribution in [0.3, 0.4) is 0 Å². The zero-order valence-corrected chi connectivity index (χ0v) is 16.5. The molecule has 150 valence electrons. The Morgan fingerprint density at radius 1 is 1.07 bits per heavy atom. The van der Waals surface area contributed by atoms with Crippen molar-refractivity contribution in [3.63, 3.8) is 0 Å². The lowest BCUT2D eigenvalue weighted by Gasteiger charge is -2.22. The predicted molar refractivity (Wildman–Crippen MR) is 109 cm³/mol. The van der Waals surface area contributed by atoms with E-state index in [-0.39, 0.29) is 10.6 Å². The summed E-state index contributed by atoms with van der Waals surface area (Å²) in [7, 11) is 0. The maximum absolute atomic E-state index is 12.7. The van der Waals surface area contributed by atoms with Crippen molar-refractivity contribution in [1.29, 1.82) is 10.5 Å². The van der Waals surface area contributed by atoms with Gasteiger partial charge in [-0.1, -0.05) is 11.6 Å². The van der Waals surface area contributed by atoms with Gasteiger partial charge in [0.25, 0.3) is 11.8 Å². The van der Waals surface area contributed by atoms with Gasteiger partial charge in [0.05, 0.1) is 33.8 Å². The van der Waals surface area contributed by atoms with E-state index >= 15 is 0 Å². The summed E-state index contributed by atoms with van der Waals surface area (Å²) < 4.78 is 1.52. The Kier molecular flexibility index (Phi) is 6.03. The Morgan fingerprint density at radius 2 is 1.77 bits per heavy atom. The number of hydrogen-bond donors (Lipinski definition) is 3. The lowest BCUT2D eigenvalue weighted by atomic mass is 10.1. The van der Waals surface area contributed by atoms with E-state index in [0.717, 1.165) is 0 Å². The second kappa shape index (κ2) is 8.66. The lowest BCUT2D eigenvalue weighted by molar-refractivity contribution is -0.127. The van der Waals surface area contributed by atoms with Crippen LogP contribution < -0.4 is 10.9 Å². The molecule has 3 rings (SSSR count). The average Bonchev–Trinajstić information content (AvgIpc) is 3.16. The van der Waals surface area contributed by atoms with Crippen LogP contribution in [-0.2, 0) is 4.79 Å². The lowest BCUT2D eigenvalue weighted by Crippen LogP contribution is -2.47. The van der Waals surface area contributed by atoms with Gasteiger partial charge in [-0.15, -0.1) is 0 Å². The zero-order chi connectivity index (χ0) is 21.8. The van der Waals surface area contributed by atoms with E-state index in [9.17, 15) is 14.7 Å². The summed E-state index contributed by atoms with van der Waals surface area (Å²) >= 11 is 6.24. The summed E-state index contributed by atoms with van der Waals surface area (Å²) in [6, 6.07) is 13.6. The minimum absolute atomic E-state index is 0.255. The fraction of sp³-hybridized carbons (Fsp3) is 0.143. The Balaban J connectivity index is 1.81. The van der Waals surface area contributed by atoms with Crippen molar-refractivity contribution in [1.82, 2.24) is 15.4 Å². The molecule has 0 bridgehead atoms. The van der Waals surface area contributed by atoms with Crippen LogP contribution in [0.4, 0.5) is 0 Å². The van der Waals surface area contributed by atoms with E-state index in [2.05, 4.69) is 10.9 Å². The van der Waals surface area contributed by atoms with Crippen LogP contribution in [0.2, 0.25) is 5.02 Å². The summed E-state index contributed by atoms with van der Waals surface area (Å²) in [6.07, 6.45) is 0.485. The van der Waals surface area contributed by atoms with Gasteiger partial charge in [-0.25, -0.2) is 0 Å². The molecule has 0 aliphatic rings. The third kappa shape index (κ3) is 3.96. The normalized spacial score (nSPS) is 12.4. The highest BCUT2D eigenvalue weighted by Crippen LogP contribution is 2.30. The Morgan fingerprint density at radius 3 is 2.37 bits per heavy atom. The fourth-order valence-corrected chi connectivity index (χ4v) is 3.33. The number of nitrogens with one attached hydrogen (secondary N) is 2. The number of carbonyl (C=O) groups is 2. The van der Waals surface area contributed by atoms with Crippen molar-refractivity contribution in [2.75, 3.05) is 0 Å². The second-order valence-electron chi connectivity index (χ2n) is 6.51. The van der Waals surface area contributed by atoms with Crippen LogP contribution in [0.1, 0.15) is 34.5 Å². The number of nitriles is 2. The van der Waals surface area contributed by atoms with Crippen molar-refractivity contribution >= 4 is 34.3 Å². The van der Waals surface area contributed by atoms with Crippen LogP contribution in [0.5, 0.6) is 0 Å². The molecule has 2 atom stereocenters. The van der Waals surface area contributed by atoms with Crippen LogP contribution in [0.15, 0.2) is 48.7 Å². The van der Waals surface area contributed by atoms with E-state index in [0.29, 0.717) is 22.0 Å². The standard InChI is InChI=1S/C21H16ClN5O3/c1-12(28)19(27-9-8-16-17(27)7-6-15(11-24)18(16)22)21(30)26-25-20(29)14-4-2-13(10-23)3-5-14/h2-9,12,19,28H,1H3,(H,25,29)(H,26,30). The highest BCUT2D eigenvalue weighted by Gasteiger charge is 2.27. The first-order chi connectivity index (χ1) is 14.4. The minimum atomic E-state index is -1.10. The summed E-state index contributed by atoms with van der Waals surface area (Å²) in [4.78, 5) is 25.0. The third-order valence-electron chi connectivity index (χ3n) is 4.56. The number of carbonyl (C=O) groups excluding carboxylic acids is 2. The molecule has 0 saturated heterocycles. The molecule has 2 unspecified atom stereocenters. The smallest absolute Gasteiger partial charge is 0.269 e. The fourth-order valence-electron chi connectivity index (χ4n) is 3.07. The Hall–Kier alpha value is -3.85. The van der Waals surface area contributed by atoms with Gasteiger partial charge in [-0.3, -0.25) is 20.4 Å². The maximum atomic E-state index is 12.7. The summed E-state index contributed by atoms with van der Waals surface area (Å²) in [5.74, 6) is -1.22. The molecule has 0 radical (unpaired) electrons. The molecule has 3 aromatic rings. The van der Waals surface area contributed by atoms with Crippen LogP contribution in [0, 0.1) is 22.7 Å². The van der Waals surface area contributed by atoms with E-state index in [1.807, 2.05) is 12.1 Å². The summed E-state index contributed by atoms with van der Waals surface area (Å²) in [5, 5.41) is 29.0. The van der Waals surface area contributed by atoms with E-state index in [1.165, 1.54) is 41.8 Å². The molecule has 30 heavy (non-hydrogen) atoms. The number of aliphatic hydroxyl groups excluding tert-OH is 1. The molecule has 2 aromatic carbocycles. The van der Waals surface area contributed by atoms with Crippen molar-refractivity contribution in [3.8, 4) is 12.1 Å².